The van der Waals surface area contributed by atoms with E-state index in [-0.39, 0.29) is 11.9 Å². The van der Waals surface area contributed by atoms with Crippen molar-refractivity contribution in [2.75, 3.05) is 26.4 Å². The highest BCUT2D eigenvalue weighted by Gasteiger charge is 1.97. The van der Waals surface area contributed by atoms with Gasteiger partial charge in [0.15, 0.2) is 0 Å². The zero-order valence-corrected chi connectivity index (χ0v) is 14.4. The largest absolute Gasteiger partial charge is 0.463 e. The number of carbonyl (C=O) groups excluding carboxylic acids is 2. The Hall–Kier alpha value is -1.62. The summed E-state index contributed by atoms with van der Waals surface area (Å²) in [6.07, 6.45) is 11.8. The number of esters is 2. The van der Waals surface area contributed by atoms with Gasteiger partial charge in [-0.1, -0.05) is 12.2 Å². The Morgan fingerprint density at radius 3 is 1.43 bits per heavy atom. The fourth-order valence-corrected chi connectivity index (χ4v) is 1.78. The van der Waals surface area contributed by atoms with Gasteiger partial charge in [-0.25, -0.2) is 9.59 Å². The summed E-state index contributed by atoms with van der Waals surface area (Å²) in [6, 6.07) is 0. The van der Waals surface area contributed by atoms with Crippen molar-refractivity contribution in [1.29, 1.82) is 0 Å². The van der Waals surface area contributed by atoms with Crippen LogP contribution in [0.1, 0.15) is 52.4 Å². The second kappa shape index (κ2) is 16.7. The smallest absolute Gasteiger partial charge is 0.330 e. The number of carbonyl (C=O) groups is 2. The summed E-state index contributed by atoms with van der Waals surface area (Å²) in [4.78, 5) is 22.1. The van der Waals surface area contributed by atoms with Gasteiger partial charge in [0.2, 0.25) is 0 Å². The molecule has 0 aromatic carbocycles. The number of ether oxygens (including phenoxy) is 3. The summed E-state index contributed by atoms with van der Waals surface area (Å²) in [5.41, 5.74) is 0. The molecule has 5 nitrogen and oxygen atoms in total. The maximum absolute atomic E-state index is 11.0. The number of allylic oxidation sites excluding steroid dienone is 2. The highest BCUT2D eigenvalue weighted by Crippen LogP contribution is 2.00. The van der Waals surface area contributed by atoms with Crippen LogP contribution in [0.5, 0.6) is 0 Å². The van der Waals surface area contributed by atoms with Crippen LogP contribution in [-0.2, 0) is 23.8 Å². The molecule has 23 heavy (non-hydrogen) atoms. The number of rotatable bonds is 14. The lowest BCUT2D eigenvalue weighted by Gasteiger charge is -2.05. The van der Waals surface area contributed by atoms with Crippen LogP contribution < -0.4 is 0 Å². The molecule has 0 radical (unpaired) electrons. The minimum absolute atomic E-state index is 0.278. The Bertz CT molecular complexity index is 326. The van der Waals surface area contributed by atoms with Gasteiger partial charge in [-0.15, -0.1) is 0 Å². The molecule has 0 aromatic heterocycles. The zero-order valence-electron chi connectivity index (χ0n) is 14.4. The van der Waals surface area contributed by atoms with Crippen molar-refractivity contribution in [2.45, 2.75) is 52.4 Å². The van der Waals surface area contributed by atoms with Crippen molar-refractivity contribution in [3.8, 4) is 0 Å². The van der Waals surface area contributed by atoms with Crippen molar-refractivity contribution in [3.05, 3.63) is 24.3 Å². The van der Waals surface area contributed by atoms with Gasteiger partial charge < -0.3 is 14.2 Å². The van der Waals surface area contributed by atoms with E-state index in [0.717, 1.165) is 51.7 Å². The molecule has 0 aliphatic heterocycles. The van der Waals surface area contributed by atoms with E-state index in [4.69, 9.17) is 14.2 Å². The molecule has 0 aliphatic carbocycles. The van der Waals surface area contributed by atoms with E-state index < -0.39 is 0 Å². The Morgan fingerprint density at radius 2 is 1.04 bits per heavy atom. The molecular weight excluding hydrogens is 296 g/mol. The molecule has 0 bridgehead atoms. The molecule has 0 N–H and O–H groups in total. The van der Waals surface area contributed by atoms with E-state index in [1.807, 2.05) is 0 Å². The van der Waals surface area contributed by atoms with Crippen LogP contribution in [0.2, 0.25) is 0 Å². The number of hydrogen-bond donors (Lipinski definition) is 0. The fraction of sp³-hybridized carbons (Fsp3) is 0.667. The van der Waals surface area contributed by atoms with Crippen molar-refractivity contribution < 1.29 is 23.8 Å². The summed E-state index contributed by atoms with van der Waals surface area (Å²) in [6.45, 7) is 5.98. The molecule has 0 saturated heterocycles. The van der Waals surface area contributed by atoms with Crippen LogP contribution in [0.3, 0.4) is 0 Å². The monoisotopic (exact) mass is 326 g/mol. The van der Waals surface area contributed by atoms with Gasteiger partial charge in [0, 0.05) is 25.4 Å². The third-order valence-corrected chi connectivity index (χ3v) is 2.96. The maximum atomic E-state index is 11.0. The summed E-state index contributed by atoms with van der Waals surface area (Å²) in [5, 5.41) is 0. The van der Waals surface area contributed by atoms with Crippen LogP contribution in [0.15, 0.2) is 24.3 Å². The number of hydrogen-bond acceptors (Lipinski definition) is 5. The van der Waals surface area contributed by atoms with E-state index >= 15 is 0 Å². The number of unbranched alkanes of at least 4 members (excludes halogenated alkanes) is 4. The average molecular weight is 326 g/mol. The summed E-state index contributed by atoms with van der Waals surface area (Å²) < 4.78 is 15.5. The summed E-state index contributed by atoms with van der Waals surface area (Å²) in [5.74, 6) is -0.555. The third-order valence-electron chi connectivity index (χ3n) is 2.96. The molecule has 0 aliphatic rings. The van der Waals surface area contributed by atoms with Crippen molar-refractivity contribution in [1.82, 2.24) is 0 Å². The zero-order chi connectivity index (χ0) is 17.2. The Kier molecular flexibility index (Phi) is 15.6. The molecule has 0 spiro atoms. The van der Waals surface area contributed by atoms with Crippen LogP contribution >= 0.6 is 0 Å². The van der Waals surface area contributed by atoms with Gasteiger partial charge in [-0.3, -0.25) is 0 Å². The molecule has 132 valence electrons. The lowest BCUT2D eigenvalue weighted by Crippen LogP contribution is -2.04. The highest BCUT2D eigenvalue weighted by molar-refractivity contribution is 5.82. The normalized spacial score (nSPS) is 11.2. The average Bonchev–Trinajstić information content (AvgIpc) is 2.52. The molecule has 0 unspecified atom stereocenters. The van der Waals surface area contributed by atoms with Gasteiger partial charge in [0.05, 0.1) is 13.2 Å². The molecule has 0 saturated carbocycles. The molecule has 0 heterocycles. The summed E-state index contributed by atoms with van der Waals surface area (Å²) in [7, 11) is 0. The van der Waals surface area contributed by atoms with Gasteiger partial charge in [0.25, 0.3) is 0 Å². The van der Waals surface area contributed by atoms with Crippen LogP contribution in [0.25, 0.3) is 0 Å². The van der Waals surface area contributed by atoms with Gasteiger partial charge in [-0.05, 0) is 52.4 Å². The lowest BCUT2D eigenvalue weighted by molar-refractivity contribution is -0.138. The quantitative estimate of drug-likeness (QED) is 0.277. The predicted molar refractivity (Wildman–Crippen MR) is 90.1 cm³/mol. The highest BCUT2D eigenvalue weighted by atomic mass is 16.5. The Balaban J connectivity index is 3.16. The van der Waals surface area contributed by atoms with E-state index in [0.29, 0.717) is 13.2 Å². The predicted octanol–water partition coefficient (Wildman–Crippen LogP) is 3.58. The van der Waals surface area contributed by atoms with Crippen LogP contribution in [0, 0.1) is 0 Å². The van der Waals surface area contributed by atoms with E-state index in [9.17, 15) is 9.59 Å². The van der Waals surface area contributed by atoms with Gasteiger partial charge in [-0.2, -0.15) is 0 Å². The second-order valence-electron chi connectivity index (χ2n) is 5.07. The van der Waals surface area contributed by atoms with E-state index in [1.54, 1.807) is 26.0 Å². The van der Waals surface area contributed by atoms with Gasteiger partial charge >= 0.3 is 11.9 Å². The lowest BCUT2D eigenvalue weighted by atomic mass is 10.2. The molecule has 5 heteroatoms. The van der Waals surface area contributed by atoms with E-state index in [2.05, 4.69) is 0 Å². The first-order valence-corrected chi connectivity index (χ1v) is 8.37. The Labute approximate surface area is 139 Å². The first-order valence-electron chi connectivity index (χ1n) is 8.37. The minimum atomic E-state index is -0.278. The van der Waals surface area contributed by atoms with Crippen molar-refractivity contribution >= 4 is 11.9 Å². The first kappa shape index (κ1) is 21.4. The van der Waals surface area contributed by atoms with E-state index in [1.165, 1.54) is 12.2 Å². The SMILES string of the molecule is CC=CC(=O)OCCCCCOCCCCCOC(=O)C=CC. The van der Waals surface area contributed by atoms with Crippen LogP contribution in [-0.4, -0.2) is 38.4 Å². The molecule has 0 rings (SSSR count). The molecule has 0 fully saturated rings. The Morgan fingerprint density at radius 1 is 0.652 bits per heavy atom. The molecule has 0 amide bonds. The molecule has 0 atom stereocenters. The summed E-state index contributed by atoms with van der Waals surface area (Å²) >= 11 is 0. The van der Waals surface area contributed by atoms with Crippen molar-refractivity contribution in [2.24, 2.45) is 0 Å². The maximum Gasteiger partial charge on any atom is 0.330 e. The molecular formula is C18H30O5. The fourth-order valence-electron chi connectivity index (χ4n) is 1.78. The van der Waals surface area contributed by atoms with Gasteiger partial charge in [0.1, 0.15) is 0 Å². The van der Waals surface area contributed by atoms with Crippen LogP contribution in [0.4, 0.5) is 0 Å². The topological polar surface area (TPSA) is 61.8 Å². The minimum Gasteiger partial charge on any atom is -0.463 e. The molecule has 0 aromatic rings. The van der Waals surface area contributed by atoms with Crippen molar-refractivity contribution in [3.63, 3.8) is 0 Å². The first-order chi connectivity index (χ1) is 11.2. The standard InChI is InChI=1S/C18H30O5/c1-3-11-17(19)22-15-9-5-7-13-21-14-8-6-10-16-23-18(20)12-4-2/h3-4,11-12H,5-10,13-16H2,1-2H3. The second-order valence-corrected chi connectivity index (χ2v) is 5.07. The third kappa shape index (κ3) is 16.6.